The number of nitrogens with zero attached hydrogens (tertiary/aromatic N) is 1. The molecule has 1 heterocycles. The molecule has 0 radical (unpaired) electrons. The van der Waals surface area contributed by atoms with Crippen LogP contribution >= 0.6 is 11.3 Å². The number of hydrogen-bond acceptors (Lipinski definition) is 4. The lowest BCUT2D eigenvalue weighted by Gasteiger charge is -2.20. The predicted octanol–water partition coefficient (Wildman–Crippen LogP) is 0.821. The minimum atomic E-state index is -0.249. The molecule has 1 aromatic heterocycles. The fraction of sp³-hybridized carbons (Fsp3) is 0.467. The van der Waals surface area contributed by atoms with E-state index in [2.05, 4.69) is 17.2 Å². The molecule has 21 heavy (non-hydrogen) atoms. The Hall–Kier alpha value is -1.84. The van der Waals surface area contributed by atoms with Crippen molar-refractivity contribution in [2.45, 2.75) is 13.8 Å². The Morgan fingerprint density at radius 2 is 2.19 bits per heavy atom. The van der Waals surface area contributed by atoms with E-state index < -0.39 is 0 Å². The summed E-state index contributed by atoms with van der Waals surface area (Å²) >= 11 is 1.36. The second-order valence-electron chi connectivity index (χ2n) is 4.83. The van der Waals surface area contributed by atoms with E-state index in [4.69, 9.17) is 5.73 Å². The Morgan fingerprint density at radius 3 is 2.76 bits per heavy atom. The van der Waals surface area contributed by atoms with Crippen LogP contribution in [0.3, 0.4) is 0 Å². The molecule has 6 heteroatoms. The molecule has 0 saturated carbocycles. The summed E-state index contributed by atoms with van der Waals surface area (Å²) in [5, 5.41) is 2.58. The molecule has 3 N–H and O–H groups in total. The van der Waals surface area contributed by atoms with Gasteiger partial charge in [0.2, 0.25) is 5.91 Å². The van der Waals surface area contributed by atoms with Crippen molar-refractivity contribution in [2.24, 2.45) is 11.7 Å². The number of thiophene rings is 1. The number of carbonyl (C=O) groups is 2. The third-order valence-electron chi connectivity index (χ3n) is 3.02. The topological polar surface area (TPSA) is 75.4 Å². The van der Waals surface area contributed by atoms with Gasteiger partial charge in [0.05, 0.1) is 22.2 Å². The fourth-order valence-electron chi connectivity index (χ4n) is 1.85. The van der Waals surface area contributed by atoms with E-state index in [-0.39, 0.29) is 17.7 Å². The highest BCUT2D eigenvalue weighted by Gasteiger charge is 2.20. The van der Waals surface area contributed by atoms with Crippen molar-refractivity contribution in [3.05, 3.63) is 21.4 Å². The van der Waals surface area contributed by atoms with Crippen LogP contribution in [0.15, 0.2) is 6.07 Å². The van der Waals surface area contributed by atoms with E-state index in [1.807, 2.05) is 13.0 Å². The van der Waals surface area contributed by atoms with Crippen molar-refractivity contribution >= 4 is 23.2 Å². The summed E-state index contributed by atoms with van der Waals surface area (Å²) in [6.07, 6.45) is 0. The number of carbonyl (C=O) groups excluding carboxylic acids is 2. The standard InChI is InChI=1S/C15H21N3O2S/c1-10-8-13(21-12(10)6-5-7-16)15(20)18(4)9-11(2)14(19)17-3/h8,11H,7,9,16H2,1-4H3,(H,17,19). The van der Waals surface area contributed by atoms with E-state index in [1.165, 1.54) is 11.3 Å². The summed E-state index contributed by atoms with van der Waals surface area (Å²) in [6.45, 7) is 4.38. The van der Waals surface area contributed by atoms with Gasteiger partial charge in [-0.25, -0.2) is 0 Å². The first-order chi connectivity index (χ1) is 9.90. The lowest BCUT2D eigenvalue weighted by molar-refractivity contribution is -0.124. The minimum absolute atomic E-state index is 0.0773. The molecule has 1 aromatic rings. The Labute approximate surface area is 129 Å². The summed E-state index contributed by atoms with van der Waals surface area (Å²) < 4.78 is 0. The van der Waals surface area contributed by atoms with Crippen molar-refractivity contribution < 1.29 is 9.59 Å². The highest BCUT2D eigenvalue weighted by Crippen LogP contribution is 2.22. The van der Waals surface area contributed by atoms with Crippen LogP contribution in [0.2, 0.25) is 0 Å². The lowest BCUT2D eigenvalue weighted by atomic mass is 10.1. The highest BCUT2D eigenvalue weighted by molar-refractivity contribution is 7.14. The van der Waals surface area contributed by atoms with E-state index in [0.29, 0.717) is 18.0 Å². The van der Waals surface area contributed by atoms with E-state index >= 15 is 0 Å². The number of nitrogens with one attached hydrogen (secondary N) is 1. The average Bonchev–Trinajstić information content (AvgIpc) is 2.84. The third-order valence-corrected chi connectivity index (χ3v) is 4.16. The maximum atomic E-state index is 12.4. The van der Waals surface area contributed by atoms with E-state index in [1.54, 1.807) is 25.9 Å². The van der Waals surface area contributed by atoms with Gasteiger partial charge in [-0.05, 0) is 18.6 Å². The summed E-state index contributed by atoms with van der Waals surface area (Å²) in [5.74, 6) is 5.33. The molecular weight excluding hydrogens is 286 g/mol. The number of aryl methyl sites for hydroxylation is 1. The quantitative estimate of drug-likeness (QED) is 0.809. The molecule has 0 aliphatic carbocycles. The molecule has 0 fully saturated rings. The number of rotatable bonds is 4. The van der Waals surface area contributed by atoms with Crippen LogP contribution in [0.1, 0.15) is 27.0 Å². The third kappa shape index (κ3) is 4.59. The zero-order chi connectivity index (χ0) is 16.0. The van der Waals surface area contributed by atoms with Gasteiger partial charge < -0.3 is 16.0 Å². The van der Waals surface area contributed by atoms with Gasteiger partial charge in [-0.2, -0.15) is 0 Å². The number of hydrogen-bond donors (Lipinski definition) is 2. The van der Waals surface area contributed by atoms with Crippen LogP contribution in [0.25, 0.3) is 0 Å². The highest BCUT2D eigenvalue weighted by atomic mass is 32.1. The summed E-state index contributed by atoms with van der Waals surface area (Å²) in [7, 11) is 3.29. The van der Waals surface area contributed by atoms with E-state index in [0.717, 1.165) is 10.4 Å². The Morgan fingerprint density at radius 1 is 1.52 bits per heavy atom. The smallest absolute Gasteiger partial charge is 0.263 e. The van der Waals surface area contributed by atoms with Crippen molar-refractivity contribution in [1.29, 1.82) is 0 Å². The molecule has 0 aliphatic heterocycles. The first kappa shape index (κ1) is 17.2. The molecule has 1 atom stereocenters. The molecule has 0 spiro atoms. The van der Waals surface area contributed by atoms with Crippen LogP contribution in [0.4, 0.5) is 0 Å². The largest absolute Gasteiger partial charge is 0.359 e. The molecule has 1 rings (SSSR count). The van der Waals surface area contributed by atoms with Gasteiger partial charge in [0.1, 0.15) is 0 Å². The van der Waals surface area contributed by atoms with Gasteiger partial charge in [0.15, 0.2) is 0 Å². The Bertz CT molecular complexity index is 583. The van der Waals surface area contributed by atoms with Crippen molar-refractivity contribution in [1.82, 2.24) is 10.2 Å². The van der Waals surface area contributed by atoms with Gasteiger partial charge in [-0.1, -0.05) is 18.8 Å². The monoisotopic (exact) mass is 307 g/mol. The maximum absolute atomic E-state index is 12.4. The predicted molar refractivity (Wildman–Crippen MR) is 85.2 cm³/mol. The average molecular weight is 307 g/mol. The molecule has 1 unspecified atom stereocenters. The zero-order valence-electron chi connectivity index (χ0n) is 12.8. The Balaban J connectivity index is 2.81. The van der Waals surface area contributed by atoms with Crippen molar-refractivity contribution in [2.75, 3.05) is 27.2 Å². The second kappa shape index (κ2) is 7.81. The van der Waals surface area contributed by atoms with Crippen LogP contribution < -0.4 is 11.1 Å². The van der Waals surface area contributed by atoms with Gasteiger partial charge in [0.25, 0.3) is 5.91 Å². The molecule has 0 aliphatic rings. The first-order valence-corrected chi connectivity index (χ1v) is 7.48. The van der Waals surface area contributed by atoms with Crippen LogP contribution in [-0.4, -0.2) is 43.9 Å². The van der Waals surface area contributed by atoms with Crippen LogP contribution in [-0.2, 0) is 4.79 Å². The molecule has 114 valence electrons. The molecule has 0 bridgehead atoms. The van der Waals surface area contributed by atoms with Gasteiger partial charge >= 0.3 is 0 Å². The fourth-order valence-corrected chi connectivity index (χ4v) is 2.90. The zero-order valence-corrected chi connectivity index (χ0v) is 13.6. The van der Waals surface area contributed by atoms with Crippen molar-refractivity contribution in [3.63, 3.8) is 0 Å². The molecule has 5 nitrogen and oxygen atoms in total. The minimum Gasteiger partial charge on any atom is -0.359 e. The van der Waals surface area contributed by atoms with Crippen LogP contribution in [0, 0.1) is 24.7 Å². The normalized spacial score (nSPS) is 11.3. The van der Waals surface area contributed by atoms with Gasteiger partial charge in [-0.15, -0.1) is 11.3 Å². The van der Waals surface area contributed by atoms with E-state index in [9.17, 15) is 9.59 Å². The number of nitrogens with two attached hydrogens (primary N) is 1. The van der Waals surface area contributed by atoms with Crippen LogP contribution in [0.5, 0.6) is 0 Å². The molecule has 0 saturated heterocycles. The summed E-state index contributed by atoms with van der Waals surface area (Å²) in [5.41, 5.74) is 6.33. The first-order valence-electron chi connectivity index (χ1n) is 6.67. The summed E-state index contributed by atoms with van der Waals surface area (Å²) in [6, 6.07) is 1.83. The second-order valence-corrected chi connectivity index (χ2v) is 5.88. The maximum Gasteiger partial charge on any atom is 0.263 e. The van der Waals surface area contributed by atoms with Gasteiger partial charge in [0, 0.05) is 20.6 Å². The number of amides is 2. The summed E-state index contributed by atoms with van der Waals surface area (Å²) in [4.78, 5) is 26.9. The molecule has 2 amide bonds. The van der Waals surface area contributed by atoms with Gasteiger partial charge in [-0.3, -0.25) is 9.59 Å². The van der Waals surface area contributed by atoms with Crippen molar-refractivity contribution in [3.8, 4) is 11.8 Å². The molecule has 0 aromatic carbocycles. The molecular formula is C15H21N3O2S. The lowest BCUT2D eigenvalue weighted by Crippen LogP contribution is -2.37. The SMILES string of the molecule is CNC(=O)C(C)CN(C)C(=O)c1cc(C)c(C#CCN)s1. The Kier molecular flexibility index (Phi) is 6.40.